The highest BCUT2D eigenvalue weighted by Crippen LogP contribution is 2.25. The Morgan fingerprint density at radius 1 is 1.11 bits per heavy atom. The standard InChI is InChI=1S/C13H14N4.C2H6/c1-9-12-13(16(2)3)15-10-6-4-5-7-11(10)17(12)8-14-9;1-2/h4-8H,1-3H3;1-2H3. The summed E-state index contributed by atoms with van der Waals surface area (Å²) in [7, 11) is 4.01. The van der Waals surface area contributed by atoms with Crippen LogP contribution in [-0.4, -0.2) is 28.5 Å². The average molecular weight is 256 g/mol. The first-order valence-corrected chi connectivity index (χ1v) is 6.58. The van der Waals surface area contributed by atoms with Crippen molar-refractivity contribution in [3.05, 3.63) is 36.3 Å². The van der Waals surface area contributed by atoms with E-state index in [0.717, 1.165) is 28.1 Å². The lowest BCUT2D eigenvalue weighted by atomic mass is 10.2. The summed E-state index contributed by atoms with van der Waals surface area (Å²) >= 11 is 0. The third-order valence-electron chi connectivity index (χ3n) is 2.95. The lowest BCUT2D eigenvalue weighted by Crippen LogP contribution is -2.12. The summed E-state index contributed by atoms with van der Waals surface area (Å²) in [5.41, 5.74) is 4.16. The monoisotopic (exact) mass is 256 g/mol. The molecule has 0 aliphatic rings. The first-order chi connectivity index (χ1) is 9.18. The van der Waals surface area contributed by atoms with Crippen molar-refractivity contribution in [2.75, 3.05) is 19.0 Å². The second-order valence-electron chi connectivity index (χ2n) is 4.37. The summed E-state index contributed by atoms with van der Waals surface area (Å²) in [6.07, 6.45) is 1.86. The minimum absolute atomic E-state index is 0.957. The summed E-state index contributed by atoms with van der Waals surface area (Å²) in [6, 6.07) is 8.12. The van der Waals surface area contributed by atoms with E-state index in [9.17, 15) is 0 Å². The van der Waals surface area contributed by atoms with Crippen LogP contribution in [0.5, 0.6) is 0 Å². The molecule has 0 aliphatic carbocycles. The van der Waals surface area contributed by atoms with Gasteiger partial charge in [-0.25, -0.2) is 9.97 Å². The van der Waals surface area contributed by atoms with Crippen LogP contribution in [0.4, 0.5) is 5.82 Å². The van der Waals surface area contributed by atoms with Gasteiger partial charge in [-0.1, -0.05) is 26.0 Å². The number of hydrogen-bond acceptors (Lipinski definition) is 3. The molecule has 2 aromatic heterocycles. The minimum atomic E-state index is 0.957. The molecule has 3 rings (SSSR count). The van der Waals surface area contributed by atoms with E-state index in [1.165, 1.54) is 0 Å². The number of para-hydroxylation sites is 2. The van der Waals surface area contributed by atoms with Crippen LogP contribution >= 0.6 is 0 Å². The van der Waals surface area contributed by atoms with E-state index in [1.54, 1.807) is 0 Å². The lowest BCUT2D eigenvalue weighted by molar-refractivity contribution is 1.07. The predicted octanol–water partition coefficient (Wildman–Crippen LogP) is 3.28. The minimum Gasteiger partial charge on any atom is -0.361 e. The van der Waals surface area contributed by atoms with E-state index in [1.807, 2.05) is 64.3 Å². The third kappa shape index (κ3) is 2.14. The number of imidazole rings is 1. The Bertz CT molecular complexity index is 698. The number of benzene rings is 1. The largest absolute Gasteiger partial charge is 0.361 e. The van der Waals surface area contributed by atoms with Crippen LogP contribution in [0.2, 0.25) is 0 Å². The Hall–Kier alpha value is -2.10. The number of fused-ring (bicyclic) bond motifs is 3. The molecule has 0 aliphatic heterocycles. The fourth-order valence-corrected chi connectivity index (χ4v) is 2.13. The van der Waals surface area contributed by atoms with Crippen molar-refractivity contribution in [3.63, 3.8) is 0 Å². The molecule has 100 valence electrons. The zero-order chi connectivity index (χ0) is 14.0. The summed E-state index contributed by atoms with van der Waals surface area (Å²) in [4.78, 5) is 11.1. The average Bonchev–Trinajstić information content (AvgIpc) is 2.83. The van der Waals surface area contributed by atoms with E-state index >= 15 is 0 Å². The third-order valence-corrected chi connectivity index (χ3v) is 2.95. The Labute approximate surface area is 113 Å². The van der Waals surface area contributed by atoms with E-state index in [4.69, 9.17) is 4.98 Å². The number of nitrogens with zero attached hydrogens (tertiary/aromatic N) is 4. The maximum atomic E-state index is 4.70. The molecule has 0 N–H and O–H groups in total. The second-order valence-corrected chi connectivity index (χ2v) is 4.37. The number of rotatable bonds is 1. The molecule has 0 amide bonds. The smallest absolute Gasteiger partial charge is 0.155 e. The predicted molar refractivity (Wildman–Crippen MR) is 80.9 cm³/mol. The molecule has 0 saturated heterocycles. The van der Waals surface area contributed by atoms with Crippen molar-refractivity contribution in [1.82, 2.24) is 14.4 Å². The Morgan fingerprint density at radius 3 is 2.47 bits per heavy atom. The highest BCUT2D eigenvalue weighted by molar-refractivity contribution is 5.85. The van der Waals surface area contributed by atoms with Gasteiger partial charge in [-0.2, -0.15) is 0 Å². The molecule has 0 atom stereocenters. The van der Waals surface area contributed by atoms with Gasteiger partial charge in [-0.3, -0.25) is 4.40 Å². The summed E-state index contributed by atoms with van der Waals surface area (Å²) in [6.45, 7) is 6.01. The molecule has 4 heteroatoms. The topological polar surface area (TPSA) is 33.4 Å². The van der Waals surface area contributed by atoms with Crippen molar-refractivity contribution in [3.8, 4) is 0 Å². The fraction of sp³-hybridized carbons (Fsp3) is 0.333. The van der Waals surface area contributed by atoms with E-state index in [-0.39, 0.29) is 0 Å². The van der Waals surface area contributed by atoms with E-state index in [0.29, 0.717) is 0 Å². The Kier molecular flexibility index (Phi) is 3.69. The van der Waals surface area contributed by atoms with Gasteiger partial charge in [0.05, 0.1) is 16.7 Å². The molecule has 2 heterocycles. The van der Waals surface area contributed by atoms with Gasteiger partial charge < -0.3 is 4.90 Å². The Balaban J connectivity index is 0.000000637. The molecule has 3 aromatic rings. The van der Waals surface area contributed by atoms with Crippen LogP contribution in [0.25, 0.3) is 16.6 Å². The zero-order valence-electron chi connectivity index (χ0n) is 12.2. The number of hydrogen-bond donors (Lipinski definition) is 0. The summed E-state index contributed by atoms with van der Waals surface area (Å²) in [5.74, 6) is 0.957. The highest BCUT2D eigenvalue weighted by atomic mass is 15.2. The fourth-order valence-electron chi connectivity index (χ4n) is 2.13. The van der Waals surface area contributed by atoms with Crippen molar-refractivity contribution in [2.45, 2.75) is 20.8 Å². The van der Waals surface area contributed by atoms with Crippen LogP contribution in [0.1, 0.15) is 19.5 Å². The van der Waals surface area contributed by atoms with Gasteiger partial charge in [0.2, 0.25) is 0 Å². The first-order valence-electron chi connectivity index (χ1n) is 6.58. The Morgan fingerprint density at radius 2 is 1.79 bits per heavy atom. The van der Waals surface area contributed by atoms with Gasteiger partial charge in [-0.15, -0.1) is 0 Å². The van der Waals surface area contributed by atoms with Crippen molar-refractivity contribution in [1.29, 1.82) is 0 Å². The lowest BCUT2D eigenvalue weighted by Gasteiger charge is -2.15. The van der Waals surface area contributed by atoms with Crippen molar-refractivity contribution in [2.24, 2.45) is 0 Å². The quantitative estimate of drug-likeness (QED) is 0.670. The SMILES string of the molecule is CC.Cc1ncn2c1c(N(C)C)nc1ccccc12. The van der Waals surface area contributed by atoms with Gasteiger partial charge in [0, 0.05) is 14.1 Å². The molecule has 0 bridgehead atoms. The van der Waals surface area contributed by atoms with E-state index in [2.05, 4.69) is 15.5 Å². The van der Waals surface area contributed by atoms with Gasteiger partial charge in [-0.05, 0) is 19.1 Å². The molecule has 1 aromatic carbocycles. The van der Waals surface area contributed by atoms with Crippen LogP contribution in [0.15, 0.2) is 30.6 Å². The van der Waals surface area contributed by atoms with Gasteiger partial charge in [0.15, 0.2) is 5.82 Å². The number of aryl methyl sites for hydroxylation is 1. The van der Waals surface area contributed by atoms with E-state index < -0.39 is 0 Å². The molecular weight excluding hydrogens is 236 g/mol. The molecule has 0 saturated carbocycles. The van der Waals surface area contributed by atoms with Crippen LogP contribution < -0.4 is 4.90 Å². The molecule has 0 radical (unpaired) electrons. The summed E-state index contributed by atoms with van der Waals surface area (Å²) < 4.78 is 2.10. The van der Waals surface area contributed by atoms with Crippen LogP contribution in [-0.2, 0) is 0 Å². The normalized spacial score (nSPS) is 10.4. The van der Waals surface area contributed by atoms with Gasteiger partial charge >= 0.3 is 0 Å². The number of anilines is 1. The molecule has 4 nitrogen and oxygen atoms in total. The first kappa shape index (κ1) is 13.3. The summed E-state index contributed by atoms with van der Waals surface area (Å²) in [5, 5.41) is 0. The maximum absolute atomic E-state index is 4.70. The molecular formula is C15H20N4. The highest BCUT2D eigenvalue weighted by Gasteiger charge is 2.12. The molecule has 0 unspecified atom stereocenters. The maximum Gasteiger partial charge on any atom is 0.155 e. The zero-order valence-corrected chi connectivity index (χ0v) is 12.2. The van der Waals surface area contributed by atoms with Gasteiger partial charge in [0.25, 0.3) is 0 Å². The molecule has 19 heavy (non-hydrogen) atoms. The van der Waals surface area contributed by atoms with Crippen LogP contribution in [0, 0.1) is 6.92 Å². The van der Waals surface area contributed by atoms with Crippen LogP contribution in [0.3, 0.4) is 0 Å². The van der Waals surface area contributed by atoms with Gasteiger partial charge in [0.1, 0.15) is 11.8 Å². The molecule has 0 spiro atoms. The number of aromatic nitrogens is 3. The second kappa shape index (κ2) is 5.26. The molecule has 0 fully saturated rings. The van der Waals surface area contributed by atoms with Crippen molar-refractivity contribution >= 4 is 22.4 Å². The van der Waals surface area contributed by atoms with Crippen molar-refractivity contribution < 1.29 is 0 Å².